The van der Waals surface area contributed by atoms with Crippen LogP contribution >= 0.6 is 23.2 Å². The van der Waals surface area contributed by atoms with E-state index in [2.05, 4.69) is 21.9 Å². The van der Waals surface area contributed by atoms with Crippen molar-refractivity contribution in [1.82, 2.24) is 14.5 Å². The minimum Gasteiger partial charge on any atom is -0.383 e. The van der Waals surface area contributed by atoms with Crippen LogP contribution in [0.4, 0.5) is 11.6 Å². The Morgan fingerprint density at radius 3 is 2.57 bits per heavy atom. The van der Waals surface area contributed by atoms with Crippen LogP contribution in [0.15, 0.2) is 47.8 Å². The summed E-state index contributed by atoms with van der Waals surface area (Å²) in [5.74, 6) is 0.495. The third-order valence-electron chi connectivity index (χ3n) is 5.04. The van der Waals surface area contributed by atoms with Crippen LogP contribution in [-0.2, 0) is 7.05 Å². The number of rotatable bonds is 4. The summed E-state index contributed by atoms with van der Waals surface area (Å²) < 4.78 is 1.79. The van der Waals surface area contributed by atoms with E-state index in [0.717, 1.165) is 10.9 Å². The topological polar surface area (TPSA) is 82.9 Å². The Balaban J connectivity index is 0.00000256. The Bertz CT molecular complexity index is 1330. The first kappa shape index (κ1) is 23.3. The van der Waals surface area contributed by atoms with Crippen LogP contribution in [0, 0.1) is 51.0 Å². The van der Waals surface area contributed by atoms with E-state index in [1.165, 1.54) is 6.08 Å². The molecule has 1 radical (unpaired) electrons. The predicted molar refractivity (Wildman–Crippen MR) is 118 cm³/mol. The van der Waals surface area contributed by atoms with Gasteiger partial charge >= 0.3 is 0 Å². The number of fused-ring (bicyclic) bond motifs is 3. The summed E-state index contributed by atoms with van der Waals surface area (Å²) in [5, 5.41) is 15.5. The zero-order chi connectivity index (χ0) is 20.9. The summed E-state index contributed by atoms with van der Waals surface area (Å²) in [6.07, 6.45) is 0.427. The van der Waals surface area contributed by atoms with Gasteiger partial charge < -0.3 is 20.0 Å². The molecule has 0 saturated carbocycles. The Morgan fingerprint density at radius 1 is 1.27 bits per heavy atom. The van der Waals surface area contributed by atoms with Gasteiger partial charge in [-0.1, -0.05) is 41.4 Å². The third kappa shape index (κ3) is 3.83. The van der Waals surface area contributed by atoms with Crippen LogP contribution in [0.25, 0.3) is 21.8 Å². The molecule has 0 amide bonds. The van der Waals surface area contributed by atoms with Crippen molar-refractivity contribution in [2.45, 2.75) is 13.0 Å². The van der Waals surface area contributed by atoms with Gasteiger partial charge in [-0.15, -0.1) is 6.58 Å². The number of aliphatic hydroxyl groups is 1. The molecule has 0 bridgehead atoms. The summed E-state index contributed by atoms with van der Waals surface area (Å²) in [5.41, 5.74) is 2.75. The monoisotopic (exact) mass is 655 g/mol. The molecule has 1 unspecified atom stereocenters. The number of aryl methyl sites for hydroxylation is 2. The van der Waals surface area contributed by atoms with Crippen molar-refractivity contribution in [3.63, 3.8) is 0 Å². The molecule has 0 spiro atoms. The van der Waals surface area contributed by atoms with Crippen LogP contribution in [0.1, 0.15) is 17.4 Å². The van der Waals surface area contributed by atoms with Crippen molar-refractivity contribution in [2.75, 3.05) is 5.32 Å². The molecule has 0 fully saturated rings. The molecule has 2 aromatic carbocycles. The fourth-order valence-electron chi connectivity index (χ4n) is 3.53. The fraction of sp³-hybridized carbons (Fsp3) is 0.143. The molecule has 30 heavy (non-hydrogen) atoms. The predicted octanol–water partition coefficient (Wildman–Crippen LogP) is 4.99. The van der Waals surface area contributed by atoms with Crippen molar-refractivity contribution in [1.29, 1.82) is 0 Å². The minimum absolute atomic E-state index is 0. The smallest absolute Gasteiger partial charge is 0.258 e. The first-order valence-corrected chi connectivity index (χ1v) is 9.62. The number of pyridine rings is 1. The van der Waals surface area contributed by atoms with Gasteiger partial charge in [0.25, 0.3) is 5.56 Å². The molecule has 0 aliphatic carbocycles. The van der Waals surface area contributed by atoms with Gasteiger partial charge in [0, 0.05) is 51.1 Å². The van der Waals surface area contributed by atoms with Crippen molar-refractivity contribution in [3.05, 3.63) is 74.6 Å². The van der Waals surface area contributed by atoms with Gasteiger partial charge in [-0.25, -0.2) is 4.98 Å². The second kappa shape index (κ2) is 9.02. The van der Waals surface area contributed by atoms with E-state index in [-0.39, 0.29) is 49.6 Å². The molecule has 4 rings (SSSR count). The first-order chi connectivity index (χ1) is 13.8. The van der Waals surface area contributed by atoms with E-state index in [0.29, 0.717) is 43.8 Å². The van der Waals surface area contributed by atoms with E-state index in [1.54, 1.807) is 22.8 Å². The summed E-state index contributed by atoms with van der Waals surface area (Å²) in [7, 11) is 1.81. The van der Waals surface area contributed by atoms with Crippen LogP contribution in [0.3, 0.4) is 0 Å². The van der Waals surface area contributed by atoms with Gasteiger partial charge in [0.05, 0.1) is 37.8 Å². The summed E-state index contributed by atoms with van der Waals surface area (Å²) in [6.45, 7) is 5.45. The molecule has 2 aromatic heterocycles. The Kier molecular flexibility index (Phi) is 7.01. The van der Waals surface area contributed by atoms with Crippen LogP contribution in [0.2, 0.25) is 10.0 Å². The largest absolute Gasteiger partial charge is 0.383 e. The molecule has 151 valence electrons. The average molecular weight is 656 g/mol. The number of nitrogens with zero attached hydrogens (tertiary/aromatic N) is 2. The Morgan fingerprint density at radius 2 is 1.93 bits per heavy atom. The third-order valence-corrected chi connectivity index (χ3v) is 5.67. The minimum atomic E-state index is -0.950. The number of nitrogens with one attached hydrogen (secondary N) is 2. The van der Waals surface area contributed by atoms with E-state index in [4.69, 9.17) is 23.2 Å². The molecule has 0 aliphatic heterocycles. The molecule has 9 heteroatoms. The second-order valence-electron chi connectivity index (χ2n) is 6.75. The molecule has 1 atom stereocenters. The number of aromatic nitrogens is 3. The van der Waals surface area contributed by atoms with Gasteiger partial charge in [0.15, 0.2) is 0 Å². The van der Waals surface area contributed by atoms with E-state index < -0.39 is 6.10 Å². The van der Waals surface area contributed by atoms with Crippen molar-refractivity contribution in [2.24, 2.45) is 7.05 Å². The maximum absolute atomic E-state index is 12.9. The Labute approximate surface area is 218 Å². The number of anilines is 2. The van der Waals surface area contributed by atoms with E-state index in [1.807, 2.05) is 26.1 Å². The Hall–Kier alpha value is -1.36. The zero-order valence-electron chi connectivity index (χ0n) is 16.3. The second-order valence-corrected chi connectivity index (χ2v) is 7.56. The number of imidazole rings is 1. The number of hydrogen-bond donors (Lipinski definition) is 3. The van der Waals surface area contributed by atoms with Gasteiger partial charge in [0.1, 0.15) is 6.10 Å². The fourth-order valence-corrected chi connectivity index (χ4v) is 4.02. The molecule has 4 aromatic rings. The maximum atomic E-state index is 12.9. The van der Waals surface area contributed by atoms with Gasteiger partial charge in [0.2, 0.25) is 5.95 Å². The number of para-hydroxylation sites is 1. The number of aliphatic hydroxyl groups excluding tert-OH is 1. The molecular weight excluding hydrogens is 638 g/mol. The molecular formula is C21H18AcCl2N4O2. The first-order valence-electron chi connectivity index (χ1n) is 8.87. The average Bonchev–Trinajstić information content (AvgIpc) is 3.02. The molecule has 6 nitrogen and oxygen atoms in total. The number of hydrogen-bond acceptors (Lipinski definition) is 4. The van der Waals surface area contributed by atoms with Crippen LogP contribution < -0.4 is 10.9 Å². The normalized spacial score (nSPS) is 12.0. The summed E-state index contributed by atoms with van der Waals surface area (Å²) >= 11 is 12.5. The van der Waals surface area contributed by atoms with E-state index in [9.17, 15) is 9.90 Å². The molecule has 0 saturated heterocycles. The summed E-state index contributed by atoms with van der Waals surface area (Å²) in [6, 6.07) is 8.90. The van der Waals surface area contributed by atoms with Crippen molar-refractivity contribution >= 4 is 56.6 Å². The number of aromatic amines is 1. The van der Waals surface area contributed by atoms with Crippen LogP contribution in [-0.4, -0.2) is 19.6 Å². The van der Waals surface area contributed by atoms with Gasteiger partial charge in [-0.2, -0.15) is 0 Å². The molecule has 3 N–H and O–H groups in total. The summed E-state index contributed by atoms with van der Waals surface area (Å²) in [4.78, 5) is 20.3. The van der Waals surface area contributed by atoms with Gasteiger partial charge in [-0.05, 0) is 36.1 Å². The number of halogens is 2. The van der Waals surface area contributed by atoms with Crippen molar-refractivity contribution < 1.29 is 49.2 Å². The molecule has 0 aliphatic rings. The van der Waals surface area contributed by atoms with E-state index >= 15 is 0 Å². The molecule has 2 heterocycles. The SMILES string of the molecule is C=CC(O)c1[nH]c(=O)c2c(ccc3nc(Nc4c(Cl)cccc4Cl)n(C)c32)c1C.[Ac]. The standard InChI is InChI=1S/C21H18Cl2N4O2.Ac/c1-4-15(28)17-10(2)11-8-9-14-19(16(11)20(29)25-17)27(3)21(24-14)26-18-12(22)6-5-7-13(18)23;/h4-9,15,28H,1H2,2-3H3,(H,24,26)(H,25,29);. The van der Waals surface area contributed by atoms with Crippen molar-refractivity contribution in [3.8, 4) is 0 Å². The van der Waals surface area contributed by atoms with Crippen LogP contribution in [0.5, 0.6) is 0 Å². The van der Waals surface area contributed by atoms with Gasteiger partial charge in [-0.3, -0.25) is 4.79 Å². The number of benzene rings is 2. The maximum Gasteiger partial charge on any atom is 0.258 e. The zero-order valence-corrected chi connectivity index (χ0v) is 22.6. The number of H-pyrrole nitrogens is 1. The quantitative estimate of drug-likeness (QED) is 0.271.